The average molecular weight is 516 g/mol. The van der Waals surface area contributed by atoms with Crippen molar-refractivity contribution < 1.29 is 9.53 Å². The molecule has 0 amide bonds. The van der Waals surface area contributed by atoms with Gasteiger partial charge < -0.3 is 19.9 Å². The molecule has 0 radical (unpaired) electrons. The smallest absolute Gasteiger partial charge is 0.205 e. The van der Waals surface area contributed by atoms with Gasteiger partial charge >= 0.3 is 0 Å². The Morgan fingerprint density at radius 2 is 1.85 bits per heavy atom. The third-order valence-corrected chi connectivity index (χ3v) is 6.98. The van der Waals surface area contributed by atoms with Crippen LogP contribution in [-0.4, -0.2) is 42.7 Å². The Labute approximate surface area is 227 Å². The molecule has 7 nitrogen and oxygen atoms in total. The van der Waals surface area contributed by atoms with Gasteiger partial charge in [-0.2, -0.15) is 0 Å². The predicted octanol–water partition coefficient (Wildman–Crippen LogP) is 6.48. The van der Waals surface area contributed by atoms with Crippen molar-refractivity contribution in [3.63, 3.8) is 0 Å². The largest absolute Gasteiger partial charge is 0.497 e. The Bertz CT molecular complexity index is 1720. The van der Waals surface area contributed by atoms with Crippen molar-refractivity contribution in [2.24, 2.45) is 4.99 Å². The number of Topliss-reactive ketones (excluding diaryl/α,β-unsaturated/α-hetero) is 1. The van der Waals surface area contributed by atoms with Crippen LogP contribution in [0.2, 0.25) is 0 Å². The lowest BCUT2D eigenvalue weighted by Crippen LogP contribution is -2.09. The topological polar surface area (TPSA) is 82.6 Å². The van der Waals surface area contributed by atoms with Crippen LogP contribution in [0.5, 0.6) is 5.75 Å². The molecule has 2 heterocycles. The molecule has 0 atom stereocenters. The van der Waals surface area contributed by atoms with E-state index >= 15 is 0 Å². The van der Waals surface area contributed by atoms with Gasteiger partial charge in [-0.05, 0) is 59.2 Å². The maximum absolute atomic E-state index is 13.2. The number of ketones is 1. The van der Waals surface area contributed by atoms with E-state index in [-0.39, 0.29) is 5.78 Å². The SMILES string of the molecule is COc1cccc(Nc2nc3ccc(CC(=O)c4ccc5c(c4)N=C(c4ccc(N(C)C)cc4)C5)cc3[nH]2)c1. The zero-order valence-corrected chi connectivity index (χ0v) is 22.2. The fourth-order valence-electron chi connectivity index (χ4n) is 4.83. The number of ether oxygens (including phenoxy) is 1. The van der Waals surface area contributed by atoms with Crippen LogP contribution >= 0.6 is 0 Å². The number of imidazole rings is 1. The van der Waals surface area contributed by atoms with Crippen molar-refractivity contribution in [3.05, 3.63) is 107 Å². The van der Waals surface area contributed by atoms with E-state index in [1.807, 2.05) is 74.8 Å². The van der Waals surface area contributed by atoms with E-state index in [1.54, 1.807) is 7.11 Å². The summed E-state index contributed by atoms with van der Waals surface area (Å²) in [4.78, 5) is 28.1. The Hall–Kier alpha value is -4.91. The van der Waals surface area contributed by atoms with E-state index in [2.05, 4.69) is 44.5 Å². The number of benzene rings is 4. The fourth-order valence-corrected chi connectivity index (χ4v) is 4.83. The van der Waals surface area contributed by atoms with E-state index in [9.17, 15) is 4.79 Å². The van der Waals surface area contributed by atoms with Gasteiger partial charge in [0.1, 0.15) is 5.75 Å². The second kappa shape index (κ2) is 10.1. The van der Waals surface area contributed by atoms with Crippen LogP contribution in [0.1, 0.15) is 27.0 Å². The number of rotatable bonds is 8. The molecule has 0 spiro atoms. The molecule has 0 bridgehead atoms. The highest BCUT2D eigenvalue weighted by Gasteiger charge is 2.19. The third kappa shape index (κ3) is 5.11. The number of aromatic nitrogens is 2. The number of H-pyrrole nitrogens is 1. The highest BCUT2D eigenvalue weighted by atomic mass is 16.5. The zero-order valence-electron chi connectivity index (χ0n) is 22.2. The van der Waals surface area contributed by atoms with Crippen LogP contribution in [0.25, 0.3) is 11.0 Å². The third-order valence-electron chi connectivity index (χ3n) is 6.98. The highest BCUT2D eigenvalue weighted by molar-refractivity contribution is 6.07. The van der Waals surface area contributed by atoms with Crippen molar-refractivity contribution in [2.45, 2.75) is 12.8 Å². The predicted molar refractivity (Wildman–Crippen MR) is 158 cm³/mol. The fraction of sp³-hybridized carbons (Fsp3) is 0.156. The molecule has 194 valence electrons. The number of methoxy groups -OCH3 is 1. The molecule has 5 aromatic rings. The molecule has 0 aliphatic carbocycles. The quantitative estimate of drug-likeness (QED) is 0.231. The Kier molecular flexibility index (Phi) is 6.32. The number of nitrogens with zero attached hydrogens (tertiary/aromatic N) is 3. The van der Waals surface area contributed by atoms with Crippen LogP contribution in [-0.2, 0) is 12.8 Å². The Morgan fingerprint density at radius 3 is 2.64 bits per heavy atom. The standard InChI is InChI=1S/C32H29N5O2/c1-37(2)25-12-10-21(11-13-25)28-17-22-8-9-23(18-29(22)34-28)31(38)16-20-7-14-27-30(15-20)36-32(35-27)33-24-5-4-6-26(19-24)39-3/h4-15,18-19H,16-17H2,1-3H3,(H2,33,35,36). The Morgan fingerprint density at radius 1 is 1.00 bits per heavy atom. The van der Waals surface area contributed by atoms with Gasteiger partial charge in [-0.3, -0.25) is 9.79 Å². The monoisotopic (exact) mass is 515 g/mol. The number of nitrogens with one attached hydrogen (secondary N) is 2. The van der Waals surface area contributed by atoms with Gasteiger partial charge in [0.25, 0.3) is 0 Å². The summed E-state index contributed by atoms with van der Waals surface area (Å²) in [6, 6.07) is 27.8. The lowest BCUT2D eigenvalue weighted by atomic mass is 9.99. The number of carbonyl (C=O) groups is 1. The van der Waals surface area contributed by atoms with Crippen LogP contribution in [0.4, 0.5) is 23.0 Å². The minimum atomic E-state index is 0.0605. The average Bonchev–Trinajstić information content (AvgIpc) is 3.56. The summed E-state index contributed by atoms with van der Waals surface area (Å²) in [5.41, 5.74) is 9.49. The van der Waals surface area contributed by atoms with Gasteiger partial charge in [0, 0.05) is 49.9 Å². The van der Waals surface area contributed by atoms with E-state index in [0.29, 0.717) is 17.9 Å². The molecular formula is C32H29N5O2. The molecule has 2 N–H and O–H groups in total. The minimum Gasteiger partial charge on any atom is -0.497 e. The van der Waals surface area contributed by atoms with E-state index in [4.69, 9.17) is 9.73 Å². The van der Waals surface area contributed by atoms with Gasteiger partial charge in [-0.15, -0.1) is 0 Å². The van der Waals surface area contributed by atoms with E-state index < -0.39 is 0 Å². The molecule has 4 aromatic carbocycles. The first kappa shape index (κ1) is 24.4. The van der Waals surface area contributed by atoms with Crippen molar-refractivity contribution in [1.82, 2.24) is 9.97 Å². The first-order valence-corrected chi connectivity index (χ1v) is 12.9. The highest BCUT2D eigenvalue weighted by Crippen LogP contribution is 2.31. The number of anilines is 3. The lowest BCUT2D eigenvalue weighted by molar-refractivity contribution is 0.0993. The summed E-state index contributed by atoms with van der Waals surface area (Å²) in [7, 11) is 5.70. The van der Waals surface area contributed by atoms with Crippen LogP contribution in [0.15, 0.2) is 89.9 Å². The Balaban J connectivity index is 1.16. The van der Waals surface area contributed by atoms with E-state index in [0.717, 1.165) is 62.7 Å². The van der Waals surface area contributed by atoms with Crippen molar-refractivity contribution in [3.8, 4) is 5.75 Å². The summed E-state index contributed by atoms with van der Waals surface area (Å²) < 4.78 is 5.29. The molecular weight excluding hydrogens is 486 g/mol. The van der Waals surface area contributed by atoms with Gasteiger partial charge in [-0.1, -0.05) is 36.4 Å². The molecule has 1 aromatic heterocycles. The summed E-state index contributed by atoms with van der Waals surface area (Å²) >= 11 is 0. The molecule has 6 rings (SSSR count). The van der Waals surface area contributed by atoms with Gasteiger partial charge in [0.15, 0.2) is 5.78 Å². The summed E-state index contributed by atoms with van der Waals surface area (Å²) in [5, 5.41) is 3.27. The second-order valence-corrected chi connectivity index (χ2v) is 9.91. The van der Waals surface area contributed by atoms with Gasteiger partial charge in [0.05, 0.1) is 29.5 Å². The maximum atomic E-state index is 13.2. The number of hydrogen-bond acceptors (Lipinski definition) is 6. The van der Waals surface area contributed by atoms with Crippen LogP contribution < -0.4 is 15.0 Å². The normalized spacial score (nSPS) is 12.2. The zero-order chi connectivity index (χ0) is 26.9. The summed E-state index contributed by atoms with van der Waals surface area (Å²) in [6.45, 7) is 0. The van der Waals surface area contributed by atoms with E-state index in [1.165, 1.54) is 0 Å². The number of aliphatic imine (C=N–C) groups is 1. The molecule has 39 heavy (non-hydrogen) atoms. The number of hydrogen-bond donors (Lipinski definition) is 2. The van der Waals surface area contributed by atoms with Gasteiger partial charge in [0.2, 0.25) is 5.95 Å². The first-order chi connectivity index (χ1) is 18.9. The van der Waals surface area contributed by atoms with Crippen LogP contribution in [0.3, 0.4) is 0 Å². The lowest BCUT2D eigenvalue weighted by Gasteiger charge is -2.12. The minimum absolute atomic E-state index is 0.0605. The number of fused-ring (bicyclic) bond motifs is 2. The van der Waals surface area contributed by atoms with Crippen LogP contribution in [0, 0.1) is 0 Å². The first-order valence-electron chi connectivity index (χ1n) is 12.9. The van der Waals surface area contributed by atoms with Crippen molar-refractivity contribution in [2.75, 3.05) is 31.4 Å². The summed E-state index contributed by atoms with van der Waals surface area (Å²) in [6.07, 6.45) is 1.07. The molecule has 0 saturated heterocycles. The second-order valence-electron chi connectivity index (χ2n) is 9.91. The molecule has 7 heteroatoms. The summed E-state index contributed by atoms with van der Waals surface area (Å²) in [5.74, 6) is 1.46. The van der Waals surface area contributed by atoms with Crippen molar-refractivity contribution >= 4 is 45.5 Å². The van der Waals surface area contributed by atoms with Gasteiger partial charge in [-0.25, -0.2) is 4.98 Å². The maximum Gasteiger partial charge on any atom is 0.205 e. The molecule has 0 fully saturated rings. The molecule has 1 aliphatic rings. The number of aromatic amines is 1. The number of carbonyl (C=O) groups excluding carboxylic acids is 1. The van der Waals surface area contributed by atoms with Crippen molar-refractivity contribution in [1.29, 1.82) is 0 Å². The molecule has 1 aliphatic heterocycles. The molecule has 0 unspecified atom stereocenters. The molecule has 0 saturated carbocycles.